The highest BCUT2D eigenvalue weighted by Crippen LogP contribution is 2.35. The van der Waals surface area contributed by atoms with Crippen molar-refractivity contribution in [1.29, 1.82) is 0 Å². The minimum Gasteiger partial charge on any atom is -0.480 e. The summed E-state index contributed by atoms with van der Waals surface area (Å²) in [5, 5.41) is 11.7. The Balaban J connectivity index is 1.82. The van der Waals surface area contributed by atoms with Gasteiger partial charge in [-0.15, -0.1) is 0 Å². The number of carboxylic acid groups (broad SMARTS) is 1. The Labute approximate surface area is 172 Å². The van der Waals surface area contributed by atoms with Gasteiger partial charge in [-0.2, -0.15) is 0 Å². The zero-order valence-corrected chi connectivity index (χ0v) is 18.3. The molecular weight excluding hydrogens is 441 g/mol. The van der Waals surface area contributed by atoms with E-state index in [2.05, 4.69) is 40.1 Å². The largest absolute Gasteiger partial charge is 0.480 e. The van der Waals surface area contributed by atoms with E-state index in [4.69, 9.17) is 5.11 Å². The topological polar surface area (TPSA) is 66.4 Å². The lowest BCUT2D eigenvalue weighted by Crippen LogP contribution is -2.42. The molecule has 0 radical (unpaired) electrons. The zero-order valence-electron chi connectivity index (χ0n) is 16.1. The summed E-state index contributed by atoms with van der Waals surface area (Å²) in [5.74, 6) is -1.00. The molecule has 0 aromatic rings. The highest BCUT2D eigenvalue weighted by Gasteiger charge is 2.51. The lowest BCUT2D eigenvalue weighted by atomic mass is 10.1. The molecule has 0 bridgehead atoms. The SMILES string of the molecule is O=C(CCCCCCC/C=C\CCCCCCCI)NC1(C(=O)O)CC1. The van der Waals surface area contributed by atoms with Crippen LogP contribution < -0.4 is 5.32 Å². The average Bonchev–Trinajstić information content (AvgIpc) is 3.39. The van der Waals surface area contributed by atoms with Crippen LogP contribution in [-0.4, -0.2) is 26.9 Å². The zero-order chi connectivity index (χ0) is 19.1. The fourth-order valence-corrected chi connectivity index (χ4v) is 3.59. The quantitative estimate of drug-likeness (QED) is 0.121. The molecule has 26 heavy (non-hydrogen) atoms. The summed E-state index contributed by atoms with van der Waals surface area (Å²) in [7, 11) is 0. The molecule has 0 atom stereocenters. The number of hydrogen-bond donors (Lipinski definition) is 2. The van der Waals surface area contributed by atoms with Crippen molar-refractivity contribution < 1.29 is 14.7 Å². The number of carbonyl (C=O) groups excluding carboxylic acids is 1. The van der Waals surface area contributed by atoms with Crippen molar-refractivity contribution in [3.05, 3.63) is 12.2 Å². The van der Waals surface area contributed by atoms with Crippen molar-refractivity contribution in [2.45, 2.75) is 102 Å². The second-order valence-corrected chi connectivity index (χ2v) is 8.54. The van der Waals surface area contributed by atoms with E-state index in [0.717, 1.165) is 25.7 Å². The predicted molar refractivity (Wildman–Crippen MR) is 116 cm³/mol. The maximum atomic E-state index is 11.8. The molecule has 4 nitrogen and oxygen atoms in total. The minimum absolute atomic E-state index is 0.109. The Morgan fingerprint density at radius 2 is 1.35 bits per heavy atom. The Morgan fingerprint density at radius 3 is 1.85 bits per heavy atom. The van der Waals surface area contributed by atoms with Crippen molar-refractivity contribution in [1.82, 2.24) is 5.32 Å². The number of halogens is 1. The first-order valence-electron chi connectivity index (χ1n) is 10.4. The Hall–Kier alpha value is -0.590. The summed E-state index contributed by atoms with van der Waals surface area (Å²) < 4.78 is 1.29. The maximum Gasteiger partial charge on any atom is 0.329 e. The normalized spacial score (nSPS) is 15.3. The van der Waals surface area contributed by atoms with Gasteiger partial charge in [-0.05, 0) is 55.8 Å². The summed E-state index contributed by atoms with van der Waals surface area (Å²) >= 11 is 2.45. The Kier molecular flexibility index (Phi) is 13.0. The van der Waals surface area contributed by atoms with Gasteiger partial charge < -0.3 is 10.4 Å². The Bertz CT molecular complexity index is 433. The second-order valence-electron chi connectivity index (χ2n) is 7.46. The molecule has 5 heteroatoms. The van der Waals surface area contributed by atoms with Crippen LogP contribution in [0.1, 0.15) is 96.3 Å². The molecule has 0 unspecified atom stereocenters. The van der Waals surface area contributed by atoms with Crippen LogP contribution in [-0.2, 0) is 9.59 Å². The standard InChI is InChI=1S/C21H36INO3/c22-18-14-12-10-8-6-4-2-1-3-5-7-9-11-13-15-19(24)23-21(16-17-21)20(25)26/h1-2H,3-18H2,(H,23,24)(H,25,26)/b2-1-. The first kappa shape index (κ1) is 23.4. The lowest BCUT2D eigenvalue weighted by Gasteiger charge is -2.12. The van der Waals surface area contributed by atoms with Gasteiger partial charge >= 0.3 is 5.97 Å². The first-order chi connectivity index (χ1) is 12.6. The maximum absolute atomic E-state index is 11.8. The molecule has 2 N–H and O–H groups in total. The third-order valence-corrected chi connectivity index (χ3v) is 5.75. The summed E-state index contributed by atoms with van der Waals surface area (Å²) in [6.07, 6.45) is 20.9. The number of carboxylic acids is 1. The number of alkyl halides is 1. The van der Waals surface area contributed by atoms with Gasteiger partial charge in [-0.3, -0.25) is 4.79 Å². The molecule has 0 aromatic carbocycles. The van der Waals surface area contributed by atoms with Crippen LogP contribution in [0.25, 0.3) is 0 Å². The minimum atomic E-state index is -0.932. The molecule has 150 valence electrons. The van der Waals surface area contributed by atoms with Gasteiger partial charge in [0.2, 0.25) is 5.91 Å². The Morgan fingerprint density at radius 1 is 0.846 bits per heavy atom. The molecule has 1 aliphatic carbocycles. The third-order valence-electron chi connectivity index (χ3n) is 4.98. The number of allylic oxidation sites excluding steroid dienone is 2. The van der Waals surface area contributed by atoms with Crippen LogP contribution in [0, 0.1) is 0 Å². The fraction of sp³-hybridized carbons (Fsp3) is 0.810. The van der Waals surface area contributed by atoms with Crippen LogP contribution >= 0.6 is 22.6 Å². The van der Waals surface area contributed by atoms with E-state index in [-0.39, 0.29) is 5.91 Å². The average molecular weight is 477 g/mol. The van der Waals surface area contributed by atoms with E-state index in [9.17, 15) is 9.59 Å². The summed E-state index contributed by atoms with van der Waals surface area (Å²) in [5.41, 5.74) is -0.932. The van der Waals surface area contributed by atoms with Crippen molar-refractivity contribution in [2.24, 2.45) is 0 Å². The third kappa shape index (κ3) is 11.2. The molecule has 1 aliphatic rings. The number of carbonyl (C=O) groups is 2. The van der Waals surface area contributed by atoms with Crippen LogP contribution in [0.3, 0.4) is 0 Å². The smallest absolute Gasteiger partial charge is 0.329 e. The van der Waals surface area contributed by atoms with Gasteiger partial charge in [0.1, 0.15) is 5.54 Å². The van der Waals surface area contributed by atoms with E-state index < -0.39 is 11.5 Å². The molecule has 1 rings (SSSR count). The molecule has 1 saturated carbocycles. The van der Waals surface area contributed by atoms with Gasteiger partial charge in [0, 0.05) is 6.42 Å². The van der Waals surface area contributed by atoms with E-state index >= 15 is 0 Å². The van der Waals surface area contributed by atoms with Crippen LogP contribution in [0.5, 0.6) is 0 Å². The van der Waals surface area contributed by atoms with Gasteiger partial charge in [0.05, 0.1) is 0 Å². The lowest BCUT2D eigenvalue weighted by molar-refractivity contribution is -0.143. The van der Waals surface area contributed by atoms with Gasteiger partial charge in [-0.25, -0.2) is 4.79 Å². The summed E-state index contributed by atoms with van der Waals surface area (Å²) in [4.78, 5) is 22.8. The number of rotatable bonds is 17. The summed E-state index contributed by atoms with van der Waals surface area (Å²) in [6, 6.07) is 0. The van der Waals surface area contributed by atoms with Gasteiger partial charge in [0.15, 0.2) is 0 Å². The summed E-state index contributed by atoms with van der Waals surface area (Å²) in [6.45, 7) is 0. The first-order valence-corrected chi connectivity index (χ1v) is 11.9. The van der Waals surface area contributed by atoms with Crippen molar-refractivity contribution >= 4 is 34.5 Å². The van der Waals surface area contributed by atoms with E-state index in [0.29, 0.717) is 19.3 Å². The van der Waals surface area contributed by atoms with Crippen LogP contribution in [0.2, 0.25) is 0 Å². The molecular formula is C21H36INO3. The number of nitrogens with one attached hydrogen (secondary N) is 1. The van der Waals surface area contributed by atoms with Gasteiger partial charge in [-0.1, -0.05) is 73.3 Å². The van der Waals surface area contributed by atoms with Gasteiger partial charge in [0.25, 0.3) is 0 Å². The van der Waals surface area contributed by atoms with Crippen molar-refractivity contribution in [3.63, 3.8) is 0 Å². The predicted octanol–water partition coefficient (Wildman–Crippen LogP) is 5.78. The number of unbranched alkanes of at least 4 members (excludes halogenated alkanes) is 10. The monoisotopic (exact) mass is 477 g/mol. The number of aliphatic carboxylic acids is 1. The van der Waals surface area contributed by atoms with E-state index in [1.165, 1.54) is 55.8 Å². The molecule has 1 amide bonds. The van der Waals surface area contributed by atoms with Crippen molar-refractivity contribution in [3.8, 4) is 0 Å². The molecule has 0 aromatic heterocycles. The van der Waals surface area contributed by atoms with E-state index in [1.807, 2.05) is 0 Å². The highest BCUT2D eigenvalue weighted by atomic mass is 127. The molecule has 1 fully saturated rings. The second kappa shape index (κ2) is 14.5. The highest BCUT2D eigenvalue weighted by molar-refractivity contribution is 14.1. The molecule has 0 spiro atoms. The van der Waals surface area contributed by atoms with E-state index in [1.54, 1.807) is 0 Å². The van der Waals surface area contributed by atoms with Crippen LogP contribution in [0.15, 0.2) is 12.2 Å². The molecule has 0 aliphatic heterocycles. The molecule has 0 saturated heterocycles. The fourth-order valence-electron chi connectivity index (χ4n) is 3.05. The molecule has 0 heterocycles. The number of hydrogen-bond acceptors (Lipinski definition) is 2. The van der Waals surface area contributed by atoms with Crippen LogP contribution in [0.4, 0.5) is 0 Å². The van der Waals surface area contributed by atoms with Crippen molar-refractivity contribution in [2.75, 3.05) is 4.43 Å². The number of amides is 1.